The highest BCUT2D eigenvalue weighted by Crippen LogP contribution is 2.40. The summed E-state index contributed by atoms with van der Waals surface area (Å²) in [5.74, 6) is 0.678. The van der Waals surface area contributed by atoms with Crippen molar-refractivity contribution in [1.29, 1.82) is 0 Å². The first-order valence-electron chi connectivity index (χ1n) is 9.19. The van der Waals surface area contributed by atoms with Gasteiger partial charge in [0.2, 0.25) is 10.0 Å². The van der Waals surface area contributed by atoms with E-state index in [1.807, 2.05) is 18.2 Å². The first-order chi connectivity index (χ1) is 11.8. The van der Waals surface area contributed by atoms with Crippen molar-refractivity contribution in [2.24, 2.45) is 11.3 Å². The average Bonchev–Trinajstić information content (AvgIpc) is 2.61. The summed E-state index contributed by atoms with van der Waals surface area (Å²) in [6.45, 7) is 6.89. The molecule has 1 saturated carbocycles. The lowest BCUT2D eigenvalue weighted by Gasteiger charge is -2.39. The second-order valence-electron chi connectivity index (χ2n) is 7.84. The molecule has 1 heterocycles. The van der Waals surface area contributed by atoms with Crippen LogP contribution in [0.15, 0.2) is 41.4 Å². The van der Waals surface area contributed by atoms with Crippen molar-refractivity contribution in [2.45, 2.75) is 63.8 Å². The van der Waals surface area contributed by atoms with Gasteiger partial charge in [-0.1, -0.05) is 45.4 Å². The molecule has 4 nitrogen and oxygen atoms in total. The lowest BCUT2D eigenvalue weighted by atomic mass is 9.69. The van der Waals surface area contributed by atoms with Crippen LogP contribution in [0.3, 0.4) is 0 Å². The first kappa shape index (κ1) is 18.3. The Labute approximate surface area is 151 Å². The fourth-order valence-electron chi connectivity index (χ4n) is 3.86. The molecule has 0 saturated heterocycles. The van der Waals surface area contributed by atoms with Gasteiger partial charge in [0.1, 0.15) is 4.90 Å². The maximum absolute atomic E-state index is 12.9. The normalized spacial score (nSPS) is 22.2. The summed E-state index contributed by atoms with van der Waals surface area (Å²) in [5.41, 5.74) is 0.877. The highest BCUT2D eigenvalue weighted by Gasteiger charge is 2.33. The number of fused-ring (bicyclic) bond motifs is 1. The molecule has 1 fully saturated rings. The Kier molecular flexibility index (Phi) is 5.16. The summed E-state index contributed by atoms with van der Waals surface area (Å²) >= 11 is 0. The van der Waals surface area contributed by atoms with Gasteiger partial charge in [0.15, 0.2) is 0 Å². The highest BCUT2D eigenvalue weighted by molar-refractivity contribution is 7.89. The molecule has 0 radical (unpaired) electrons. The number of aromatic nitrogens is 1. The minimum Gasteiger partial charge on any atom is -0.255 e. The van der Waals surface area contributed by atoms with Crippen molar-refractivity contribution in [3.8, 4) is 0 Å². The Balaban J connectivity index is 1.75. The van der Waals surface area contributed by atoms with E-state index in [0.717, 1.165) is 37.5 Å². The van der Waals surface area contributed by atoms with E-state index in [9.17, 15) is 8.42 Å². The zero-order valence-electron chi connectivity index (χ0n) is 15.3. The summed E-state index contributed by atoms with van der Waals surface area (Å²) in [5, 5.41) is 0.846. The lowest BCUT2D eigenvalue weighted by molar-refractivity contribution is 0.142. The van der Waals surface area contributed by atoms with Crippen LogP contribution in [0.5, 0.6) is 0 Å². The van der Waals surface area contributed by atoms with Gasteiger partial charge in [-0.05, 0) is 49.1 Å². The van der Waals surface area contributed by atoms with Gasteiger partial charge in [0.25, 0.3) is 0 Å². The van der Waals surface area contributed by atoms with Crippen LogP contribution in [0.2, 0.25) is 0 Å². The molecule has 2 aromatic rings. The van der Waals surface area contributed by atoms with Crippen molar-refractivity contribution in [2.75, 3.05) is 0 Å². The SMILES string of the molecule is CCC(C)(C)C1CCC(NS(=O)(=O)c2cccc3cccnc23)CC1. The van der Waals surface area contributed by atoms with E-state index in [0.29, 0.717) is 16.8 Å². The molecule has 1 aliphatic carbocycles. The quantitative estimate of drug-likeness (QED) is 0.853. The topological polar surface area (TPSA) is 59.1 Å². The van der Waals surface area contributed by atoms with Crippen LogP contribution in [-0.4, -0.2) is 19.4 Å². The number of pyridine rings is 1. The van der Waals surface area contributed by atoms with Crippen molar-refractivity contribution in [3.05, 3.63) is 36.5 Å². The Morgan fingerprint density at radius 1 is 1.12 bits per heavy atom. The van der Waals surface area contributed by atoms with Gasteiger partial charge < -0.3 is 0 Å². The maximum Gasteiger partial charge on any atom is 0.242 e. The van der Waals surface area contributed by atoms with Crippen LogP contribution in [0.1, 0.15) is 52.9 Å². The van der Waals surface area contributed by atoms with Crippen molar-refractivity contribution in [3.63, 3.8) is 0 Å². The first-order valence-corrected chi connectivity index (χ1v) is 10.7. The molecule has 0 atom stereocenters. The second-order valence-corrected chi connectivity index (χ2v) is 9.53. The van der Waals surface area contributed by atoms with Gasteiger partial charge >= 0.3 is 0 Å². The smallest absolute Gasteiger partial charge is 0.242 e. The molecular formula is C20H28N2O2S. The standard InChI is InChI=1S/C20H28N2O2S/c1-4-20(2,3)16-10-12-17(13-11-16)22-25(23,24)18-9-5-7-15-8-6-14-21-19(15)18/h5-9,14,16-17,22H,4,10-13H2,1-3H3. The van der Waals surface area contributed by atoms with Gasteiger partial charge in [0.05, 0.1) is 5.52 Å². The Hall–Kier alpha value is -1.46. The predicted molar refractivity (Wildman–Crippen MR) is 102 cm³/mol. The second kappa shape index (κ2) is 7.04. The van der Waals surface area contributed by atoms with Crippen LogP contribution < -0.4 is 4.72 Å². The third-order valence-corrected chi connectivity index (χ3v) is 7.50. The third kappa shape index (κ3) is 3.87. The monoisotopic (exact) mass is 360 g/mol. The molecule has 0 aliphatic heterocycles. The van der Waals surface area contributed by atoms with Gasteiger partial charge in [-0.3, -0.25) is 4.98 Å². The molecule has 0 amide bonds. The van der Waals surface area contributed by atoms with E-state index in [1.54, 1.807) is 18.3 Å². The van der Waals surface area contributed by atoms with Gasteiger partial charge in [-0.15, -0.1) is 0 Å². The molecule has 0 unspecified atom stereocenters. The molecule has 0 spiro atoms. The summed E-state index contributed by atoms with van der Waals surface area (Å²) in [4.78, 5) is 4.56. The van der Waals surface area contributed by atoms with Crippen molar-refractivity contribution in [1.82, 2.24) is 9.71 Å². The summed E-state index contributed by atoms with van der Waals surface area (Å²) in [6, 6.07) is 9.04. The van der Waals surface area contributed by atoms with E-state index in [4.69, 9.17) is 0 Å². The number of para-hydroxylation sites is 1. The van der Waals surface area contributed by atoms with Gasteiger partial charge in [0, 0.05) is 17.6 Å². The van der Waals surface area contributed by atoms with Gasteiger partial charge in [-0.2, -0.15) is 0 Å². The van der Waals surface area contributed by atoms with Crippen LogP contribution in [-0.2, 0) is 10.0 Å². The maximum atomic E-state index is 12.9. The number of sulfonamides is 1. The zero-order valence-corrected chi connectivity index (χ0v) is 16.1. The van der Waals surface area contributed by atoms with Crippen LogP contribution >= 0.6 is 0 Å². The predicted octanol–water partition coefficient (Wildman–Crippen LogP) is 4.51. The summed E-state index contributed by atoms with van der Waals surface area (Å²) in [6.07, 6.45) is 6.79. The zero-order chi connectivity index (χ0) is 18.1. The fraction of sp³-hybridized carbons (Fsp3) is 0.550. The molecule has 3 rings (SSSR count). The average molecular weight is 361 g/mol. The Morgan fingerprint density at radius 3 is 2.48 bits per heavy atom. The van der Waals surface area contributed by atoms with E-state index in [2.05, 4.69) is 30.5 Å². The number of benzene rings is 1. The fourth-order valence-corrected chi connectivity index (χ4v) is 5.34. The van der Waals surface area contributed by atoms with E-state index < -0.39 is 10.0 Å². The number of rotatable bonds is 5. The lowest BCUT2D eigenvalue weighted by Crippen LogP contribution is -2.39. The Bertz CT molecular complexity index is 832. The molecule has 1 aromatic heterocycles. The Morgan fingerprint density at radius 2 is 1.80 bits per heavy atom. The van der Waals surface area contributed by atoms with Crippen LogP contribution in [0.25, 0.3) is 10.9 Å². The molecule has 0 bridgehead atoms. The number of nitrogens with zero attached hydrogens (tertiary/aromatic N) is 1. The van der Waals surface area contributed by atoms with Crippen molar-refractivity contribution < 1.29 is 8.42 Å². The number of hydrogen-bond donors (Lipinski definition) is 1. The number of nitrogens with one attached hydrogen (secondary N) is 1. The minimum atomic E-state index is -3.56. The van der Waals surface area contributed by atoms with Crippen LogP contribution in [0.4, 0.5) is 0 Å². The molecule has 1 aliphatic rings. The number of hydrogen-bond acceptors (Lipinski definition) is 3. The molecular weight excluding hydrogens is 332 g/mol. The van der Waals surface area contributed by atoms with E-state index >= 15 is 0 Å². The summed E-state index contributed by atoms with van der Waals surface area (Å²) in [7, 11) is -3.56. The van der Waals surface area contributed by atoms with E-state index in [1.165, 1.54) is 0 Å². The minimum absolute atomic E-state index is 0.0212. The van der Waals surface area contributed by atoms with Crippen LogP contribution in [0, 0.1) is 11.3 Å². The third-order valence-electron chi connectivity index (χ3n) is 5.95. The molecule has 1 aromatic carbocycles. The van der Waals surface area contributed by atoms with Crippen molar-refractivity contribution >= 4 is 20.9 Å². The molecule has 5 heteroatoms. The van der Waals surface area contributed by atoms with E-state index in [-0.39, 0.29) is 10.9 Å². The highest BCUT2D eigenvalue weighted by atomic mass is 32.2. The molecule has 1 N–H and O–H groups in total. The molecule has 25 heavy (non-hydrogen) atoms. The largest absolute Gasteiger partial charge is 0.255 e. The van der Waals surface area contributed by atoms with Gasteiger partial charge in [-0.25, -0.2) is 13.1 Å². The summed E-state index contributed by atoms with van der Waals surface area (Å²) < 4.78 is 28.7. The molecule has 136 valence electrons.